The zero-order chi connectivity index (χ0) is 55.2. The Kier molecular flexibility index (Phi) is 22.3. The minimum absolute atomic E-state index is 0.114. The molecule has 4 atom stereocenters. The van der Waals surface area contributed by atoms with E-state index < -0.39 is 11.9 Å². The smallest absolute Gasteiger partial charge is 0.255 e. The average Bonchev–Trinajstić information content (AvgIpc) is 3.88. The van der Waals surface area contributed by atoms with E-state index in [0.29, 0.717) is 99.8 Å². The Morgan fingerprint density at radius 1 is 0.797 bits per heavy atom. The molecule has 8 rings (SSSR count). The summed E-state index contributed by atoms with van der Waals surface area (Å²) in [6.45, 7) is 11.1. The van der Waals surface area contributed by atoms with Crippen LogP contribution in [0.1, 0.15) is 147 Å². The molecule has 0 aliphatic carbocycles. The van der Waals surface area contributed by atoms with E-state index in [-0.39, 0.29) is 54.6 Å². The van der Waals surface area contributed by atoms with Crippen LogP contribution in [0.2, 0.25) is 0 Å². The summed E-state index contributed by atoms with van der Waals surface area (Å²) in [5, 5.41) is 19.9. The third kappa shape index (κ3) is 16.7. The summed E-state index contributed by atoms with van der Waals surface area (Å²) in [5.41, 5.74) is 6.50. The number of nitrogens with one attached hydrogen (secondary N) is 6. The first-order valence-corrected chi connectivity index (χ1v) is 28.9. The van der Waals surface area contributed by atoms with Gasteiger partial charge in [0.2, 0.25) is 17.7 Å². The van der Waals surface area contributed by atoms with Gasteiger partial charge in [0.05, 0.1) is 44.6 Å². The lowest BCUT2D eigenvalue weighted by atomic mass is 9.81. The zero-order valence-electron chi connectivity index (χ0n) is 46.3. The van der Waals surface area contributed by atoms with Crippen molar-refractivity contribution >= 4 is 40.9 Å². The zero-order valence-corrected chi connectivity index (χ0v) is 46.3. The molecule has 4 aliphatic rings. The second kappa shape index (κ2) is 30.1. The fourth-order valence-corrected chi connectivity index (χ4v) is 11.3. The fourth-order valence-electron chi connectivity index (χ4n) is 11.3. The van der Waals surface area contributed by atoms with Gasteiger partial charge in [0.15, 0.2) is 0 Å². The first kappa shape index (κ1) is 58.5. The molecule has 4 aromatic rings. The first-order chi connectivity index (χ1) is 38.6. The number of amides is 5. The van der Waals surface area contributed by atoms with Crippen molar-refractivity contribution < 1.29 is 42.9 Å². The molecule has 3 aromatic carbocycles. The molecule has 1 aromatic heterocycles. The van der Waals surface area contributed by atoms with Crippen LogP contribution in [-0.2, 0) is 41.7 Å². The molecule has 17 nitrogen and oxygen atoms in total. The van der Waals surface area contributed by atoms with E-state index in [9.17, 15) is 24.0 Å². The Morgan fingerprint density at radius 2 is 1.49 bits per heavy atom. The molecule has 4 aliphatic heterocycles. The monoisotopic (exact) mass is 1080 g/mol. The molecule has 0 bridgehead atoms. The van der Waals surface area contributed by atoms with Gasteiger partial charge in [0.25, 0.3) is 11.8 Å². The number of nitrogens with zero attached hydrogens (tertiary/aromatic N) is 2. The lowest BCUT2D eigenvalue weighted by Crippen LogP contribution is -2.52. The maximum absolute atomic E-state index is 13.5. The molecule has 5 heterocycles. The summed E-state index contributed by atoms with van der Waals surface area (Å²) in [6, 6.07) is 24.8. The predicted molar refractivity (Wildman–Crippen MR) is 304 cm³/mol. The van der Waals surface area contributed by atoms with E-state index in [1.807, 2.05) is 54.9 Å². The second-order valence-corrected chi connectivity index (χ2v) is 21.4. The normalized spacial score (nSPS) is 19.8. The number of anilines is 2. The second-order valence-electron chi connectivity index (χ2n) is 21.4. The fraction of sp³-hybridized carbons (Fsp3) is 0.516. The van der Waals surface area contributed by atoms with E-state index in [1.165, 1.54) is 16.2 Å². The Morgan fingerprint density at radius 3 is 2.22 bits per heavy atom. The van der Waals surface area contributed by atoms with Gasteiger partial charge in [-0.2, -0.15) is 0 Å². The lowest BCUT2D eigenvalue weighted by Gasteiger charge is -2.43. The van der Waals surface area contributed by atoms with Gasteiger partial charge in [-0.25, -0.2) is 0 Å². The molecule has 3 unspecified atom stereocenters. The SMILES string of the molecule is CCC1C(c2ccncc2)NC(C2(Nc3cccc(C(=O)NCc4ccc(OCCCCCCOCCOCCOCCCCCC(=O)Nc5cccc6c5CN(C5CCC(=O)NC5=O)C6=O)cc4)c3)CCNCC2)=CC[C@H]1C. The number of carbonyl (C=O) groups excluding carboxylic acids is 5. The van der Waals surface area contributed by atoms with E-state index in [0.717, 1.165) is 94.3 Å². The van der Waals surface area contributed by atoms with Crippen molar-refractivity contribution in [1.82, 2.24) is 31.2 Å². The summed E-state index contributed by atoms with van der Waals surface area (Å²) >= 11 is 0. The van der Waals surface area contributed by atoms with Gasteiger partial charge in [-0.15, -0.1) is 0 Å². The van der Waals surface area contributed by atoms with Crippen molar-refractivity contribution in [3.63, 3.8) is 0 Å². The molecule has 0 saturated carbocycles. The van der Waals surface area contributed by atoms with Crippen LogP contribution in [-0.4, -0.2) is 110 Å². The quantitative estimate of drug-likeness (QED) is 0.0213. The standard InChI is InChI=1S/C62H82N8O9/c1-3-50-44(2)18-24-55(67-58(50)46-26-30-63-31-27-46)62(28-32-64-33-29-62)69-48-14-11-13-47(41-48)59(73)65-42-45-19-21-49(22-20-45)79-36-10-5-4-8-34-76-37-39-78-40-38-77-35-9-6-7-17-56(71)66-53-16-12-15-51-52(53)43-70(61(51)75)54-23-25-57(72)68-60(54)74/h11-16,19-22,24,26-27,30-31,41,44,50,54,58,64,67,69H,3-10,17-18,23,25,28-29,32-40,42-43H2,1-2H3,(H,65,73)(H,66,71)(H,68,72,74)/t44-,50?,54?,58?/m1/s1. The molecule has 0 radical (unpaired) electrons. The van der Waals surface area contributed by atoms with Crippen LogP contribution in [0.3, 0.4) is 0 Å². The molecule has 6 N–H and O–H groups in total. The molecule has 17 heteroatoms. The number of carbonyl (C=O) groups is 5. The van der Waals surface area contributed by atoms with Crippen LogP contribution in [0.4, 0.5) is 11.4 Å². The number of aromatic nitrogens is 1. The number of allylic oxidation sites excluding steroid dienone is 1. The van der Waals surface area contributed by atoms with Crippen LogP contribution >= 0.6 is 0 Å². The van der Waals surface area contributed by atoms with Crippen LogP contribution < -0.4 is 36.6 Å². The van der Waals surface area contributed by atoms with Gasteiger partial charge in [0, 0.05) is 85.3 Å². The molecule has 424 valence electrons. The van der Waals surface area contributed by atoms with Crippen molar-refractivity contribution in [2.24, 2.45) is 11.8 Å². The van der Waals surface area contributed by atoms with Crippen molar-refractivity contribution in [3.05, 3.63) is 131 Å². The number of ether oxygens (including phenoxy) is 4. The highest BCUT2D eigenvalue weighted by molar-refractivity contribution is 6.06. The topological polar surface area (TPSA) is 211 Å². The van der Waals surface area contributed by atoms with E-state index >= 15 is 0 Å². The van der Waals surface area contributed by atoms with Crippen LogP contribution in [0, 0.1) is 11.8 Å². The number of unbranched alkanes of at least 4 members (excludes halogenated alkanes) is 5. The largest absolute Gasteiger partial charge is 0.494 e. The predicted octanol–water partition coefficient (Wildman–Crippen LogP) is 8.78. The number of fused-ring (bicyclic) bond motifs is 1. The molecular formula is C62H82N8O9. The van der Waals surface area contributed by atoms with Gasteiger partial charge in [-0.3, -0.25) is 34.3 Å². The summed E-state index contributed by atoms with van der Waals surface area (Å²) in [7, 11) is 0. The van der Waals surface area contributed by atoms with Gasteiger partial charge < -0.3 is 50.4 Å². The Hall–Kier alpha value is -6.66. The molecular weight excluding hydrogens is 1000 g/mol. The lowest BCUT2D eigenvalue weighted by molar-refractivity contribution is -0.137. The maximum atomic E-state index is 13.5. The summed E-state index contributed by atoms with van der Waals surface area (Å²) < 4.78 is 23.1. The average molecular weight is 1080 g/mol. The molecule has 2 fully saturated rings. The van der Waals surface area contributed by atoms with E-state index in [1.54, 1.807) is 18.2 Å². The molecule has 79 heavy (non-hydrogen) atoms. The maximum Gasteiger partial charge on any atom is 0.255 e. The Balaban J connectivity index is 0.621. The van der Waals surface area contributed by atoms with Crippen molar-refractivity contribution in [2.75, 3.05) is 70.0 Å². The number of rotatable bonds is 30. The Labute approximate surface area is 466 Å². The van der Waals surface area contributed by atoms with E-state index in [4.69, 9.17) is 18.9 Å². The van der Waals surface area contributed by atoms with Crippen LogP contribution in [0.25, 0.3) is 0 Å². The minimum Gasteiger partial charge on any atom is -0.494 e. The van der Waals surface area contributed by atoms with Gasteiger partial charge in [0.1, 0.15) is 11.8 Å². The van der Waals surface area contributed by atoms with Crippen molar-refractivity contribution in [2.45, 2.75) is 134 Å². The third-order valence-corrected chi connectivity index (χ3v) is 15.8. The number of imide groups is 1. The van der Waals surface area contributed by atoms with Gasteiger partial charge in [-0.1, -0.05) is 63.5 Å². The van der Waals surface area contributed by atoms with Crippen LogP contribution in [0.15, 0.2) is 103 Å². The highest BCUT2D eigenvalue weighted by Crippen LogP contribution is 2.41. The number of benzene rings is 3. The van der Waals surface area contributed by atoms with Crippen molar-refractivity contribution in [1.29, 1.82) is 0 Å². The minimum atomic E-state index is -0.704. The summed E-state index contributed by atoms with van der Waals surface area (Å²) in [6.07, 6.45) is 17.4. The highest BCUT2D eigenvalue weighted by atomic mass is 16.5. The van der Waals surface area contributed by atoms with Crippen molar-refractivity contribution in [3.8, 4) is 5.75 Å². The third-order valence-electron chi connectivity index (χ3n) is 15.8. The molecule has 2 saturated heterocycles. The molecule has 0 spiro atoms. The molecule has 5 amide bonds. The number of hydrogen-bond donors (Lipinski definition) is 6. The van der Waals surface area contributed by atoms with E-state index in [2.05, 4.69) is 75.0 Å². The summed E-state index contributed by atoms with van der Waals surface area (Å²) in [5.74, 6) is 0.519. The van der Waals surface area contributed by atoms with Gasteiger partial charge in [-0.05, 0) is 148 Å². The first-order valence-electron chi connectivity index (χ1n) is 28.9. The number of hydrogen-bond acceptors (Lipinski definition) is 13. The summed E-state index contributed by atoms with van der Waals surface area (Å²) in [4.78, 5) is 69.1. The highest BCUT2D eigenvalue weighted by Gasteiger charge is 2.42. The van der Waals surface area contributed by atoms with Crippen LogP contribution in [0.5, 0.6) is 5.75 Å². The number of pyridine rings is 1. The Bertz CT molecular complexity index is 2660. The number of piperidine rings is 2. The van der Waals surface area contributed by atoms with Gasteiger partial charge >= 0.3 is 0 Å².